The lowest BCUT2D eigenvalue weighted by Crippen LogP contribution is -2.50. The van der Waals surface area contributed by atoms with E-state index in [-0.39, 0.29) is 34.1 Å². The molecule has 3 aliphatic heterocycles. The van der Waals surface area contributed by atoms with Crippen LogP contribution in [0.25, 0.3) is 16.6 Å². The molecule has 67 heavy (non-hydrogen) atoms. The summed E-state index contributed by atoms with van der Waals surface area (Å²) in [6.07, 6.45) is 7.67. The second kappa shape index (κ2) is 19.2. The van der Waals surface area contributed by atoms with E-state index in [1.807, 2.05) is 18.2 Å². The Hall–Kier alpha value is -5.52. The minimum atomic E-state index is -4.63. The molecule has 0 bridgehead atoms. The van der Waals surface area contributed by atoms with E-state index in [2.05, 4.69) is 74.2 Å². The third kappa shape index (κ3) is 10.6. The molecule has 2 atom stereocenters. The molecule has 5 heterocycles. The van der Waals surface area contributed by atoms with Crippen molar-refractivity contribution in [2.24, 2.45) is 11.3 Å². The van der Waals surface area contributed by atoms with Crippen LogP contribution in [0.1, 0.15) is 67.9 Å². The molecule has 3 aromatic carbocycles. The Morgan fingerprint density at radius 3 is 2.57 bits per heavy atom. The molecule has 0 saturated carbocycles. The van der Waals surface area contributed by atoms with Gasteiger partial charge in [0.1, 0.15) is 22.9 Å². The highest BCUT2D eigenvalue weighted by atomic mass is 35.5. The number of nitrogens with one attached hydrogen (secondary N) is 2. The third-order valence-corrected chi connectivity index (χ3v) is 15.7. The molecular formula is C50H59ClN8O7S. The lowest BCUT2D eigenvalue weighted by molar-refractivity contribution is -0.386. The van der Waals surface area contributed by atoms with Gasteiger partial charge in [0.05, 0.1) is 33.7 Å². The van der Waals surface area contributed by atoms with Crippen molar-refractivity contribution in [1.82, 2.24) is 29.4 Å². The predicted octanol–water partition coefficient (Wildman–Crippen LogP) is 8.40. The van der Waals surface area contributed by atoms with Crippen LogP contribution in [0.3, 0.4) is 0 Å². The van der Waals surface area contributed by atoms with E-state index < -0.39 is 25.7 Å². The molecule has 0 spiro atoms. The number of pyridine rings is 1. The first-order valence-electron chi connectivity index (χ1n) is 23.2. The fraction of sp³-hybridized carbons (Fsp3) is 0.440. The number of carbonyl (C=O) groups excluding carboxylic acids is 1. The molecule has 2 aromatic heterocycles. The average molecular weight is 952 g/mol. The lowest BCUT2D eigenvalue weighted by Gasteiger charge is -2.39. The average Bonchev–Trinajstić information content (AvgIpc) is 3.78. The number of anilines is 1. The molecule has 0 radical (unpaired) electrons. The molecule has 2 N–H and O–H groups in total. The number of allylic oxidation sites excluding steroid dienone is 1. The number of nitro groups is 1. The van der Waals surface area contributed by atoms with Crippen LogP contribution in [0.4, 0.5) is 11.4 Å². The summed E-state index contributed by atoms with van der Waals surface area (Å²) in [5.41, 5.74) is 5.77. The molecule has 2 fully saturated rings. The zero-order chi connectivity index (χ0) is 47.0. The van der Waals surface area contributed by atoms with E-state index in [9.17, 15) is 23.3 Å². The number of H-pyrrole nitrogens is 1. The van der Waals surface area contributed by atoms with Crippen molar-refractivity contribution in [3.8, 4) is 17.2 Å². The smallest absolute Gasteiger partial charge is 0.277 e. The van der Waals surface area contributed by atoms with Crippen molar-refractivity contribution >= 4 is 55.5 Å². The summed E-state index contributed by atoms with van der Waals surface area (Å²) in [7, 11) is -2.50. The molecule has 354 valence electrons. The summed E-state index contributed by atoms with van der Waals surface area (Å²) in [4.78, 5) is 42.5. The fourth-order valence-electron chi connectivity index (χ4n) is 9.91. The number of sulfonamides is 1. The largest absolute Gasteiger partial charge is 0.493 e. The van der Waals surface area contributed by atoms with Gasteiger partial charge in [0.15, 0.2) is 0 Å². The molecular weight excluding hydrogens is 892 g/mol. The zero-order valence-electron chi connectivity index (χ0n) is 38.6. The number of aromatic amines is 1. The maximum Gasteiger partial charge on any atom is 0.277 e. The van der Waals surface area contributed by atoms with Gasteiger partial charge in [-0.05, 0) is 111 Å². The van der Waals surface area contributed by atoms with Crippen LogP contribution in [0.5, 0.6) is 17.2 Å². The molecule has 1 amide bonds. The fourth-order valence-corrected chi connectivity index (χ4v) is 11.0. The zero-order valence-corrected chi connectivity index (χ0v) is 40.2. The number of halogens is 1. The van der Waals surface area contributed by atoms with Crippen LogP contribution >= 0.6 is 11.6 Å². The molecule has 5 aromatic rings. The van der Waals surface area contributed by atoms with Crippen LogP contribution in [0.15, 0.2) is 89.6 Å². The number of hydrogen-bond donors (Lipinski definition) is 2. The molecule has 17 heteroatoms. The van der Waals surface area contributed by atoms with Crippen LogP contribution < -0.4 is 19.1 Å². The van der Waals surface area contributed by atoms with E-state index in [1.54, 1.807) is 30.5 Å². The van der Waals surface area contributed by atoms with Gasteiger partial charge in [0, 0.05) is 98.9 Å². The molecule has 9 rings (SSSR count). The lowest BCUT2D eigenvalue weighted by atomic mass is 9.72. The number of piperazine rings is 2. The van der Waals surface area contributed by atoms with E-state index in [0.717, 1.165) is 107 Å². The van der Waals surface area contributed by atoms with E-state index in [1.165, 1.54) is 29.0 Å². The Morgan fingerprint density at radius 2 is 1.81 bits per heavy atom. The van der Waals surface area contributed by atoms with Crippen LogP contribution in [0.2, 0.25) is 5.02 Å². The van der Waals surface area contributed by atoms with Gasteiger partial charge in [-0.25, -0.2) is 18.1 Å². The maximum atomic E-state index is 14.1. The third-order valence-electron chi connectivity index (χ3n) is 14.1. The van der Waals surface area contributed by atoms with Gasteiger partial charge in [-0.1, -0.05) is 43.2 Å². The summed E-state index contributed by atoms with van der Waals surface area (Å²) >= 11 is 6.26. The summed E-state index contributed by atoms with van der Waals surface area (Å²) in [5.74, 6) is -0.312. The SMILES string of the molecule is C[C@@H]1CN(CC[C@@H]2COc3cc(S(=O)(=O)NC(=O)c4ccc(N5CCN(CC6=C(c7ccc(Cl)cc7)CC(C)(C)CC6)CC5)cc4Oc4cnc5[nH]ccc5c4)cc([N+](=O)[O-])c3C2)CCN1C. The molecule has 0 unspecified atom stereocenters. The number of aromatic nitrogens is 2. The topological polar surface area (TPSA) is 166 Å². The second-order valence-corrected chi connectivity index (χ2v) is 21.6. The predicted molar refractivity (Wildman–Crippen MR) is 261 cm³/mol. The summed E-state index contributed by atoms with van der Waals surface area (Å²) in [6.45, 7) is 14.9. The van der Waals surface area contributed by atoms with Gasteiger partial charge in [0.25, 0.3) is 21.6 Å². The van der Waals surface area contributed by atoms with Crippen LogP contribution in [-0.2, 0) is 16.4 Å². The first-order valence-corrected chi connectivity index (χ1v) is 25.1. The number of likely N-dealkylation sites (N-methyl/N-ethyl adjacent to an activating group) is 1. The molecule has 4 aliphatic rings. The highest BCUT2D eigenvalue weighted by molar-refractivity contribution is 7.90. The van der Waals surface area contributed by atoms with E-state index in [4.69, 9.17) is 21.1 Å². The maximum absolute atomic E-state index is 14.1. The normalized spacial score (nSPS) is 20.6. The monoisotopic (exact) mass is 950 g/mol. The first-order chi connectivity index (χ1) is 32.1. The number of rotatable bonds is 13. The first kappa shape index (κ1) is 46.6. The quantitative estimate of drug-likeness (QED) is 0.0857. The molecule has 15 nitrogen and oxygen atoms in total. The Balaban J connectivity index is 0.919. The number of nitrogens with zero attached hydrogens (tertiary/aromatic N) is 6. The molecule has 1 aliphatic carbocycles. The highest BCUT2D eigenvalue weighted by Crippen LogP contribution is 2.44. The van der Waals surface area contributed by atoms with Crippen molar-refractivity contribution in [1.29, 1.82) is 0 Å². The van der Waals surface area contributed by atoms with Crippen molar-refractivity contribution in [2.75, 3.05) is 77.5 Å². The Bertz CT molecular complexity index is 2810. The number of carbonyl (C=O) groups is 1. The van der Waals surface area contributed by atoms with Gasteiger partial charge in [-0.15, -0.1) is 0 Å². The Morgan fingerprint density at radius 1 is 1.03 bits per heavy atom. The number of amides is 1. The van der Waals surface area contributed by atoms with E-state index >= 15 is 0 Å². The van der Waals surface area contributed by atoms with Gasteiger partial charge in [-0.2, -0.15) is 0 Å². The van der Waals surface area contributed by atoms with Crippen molar-refractivity contribution in [2.45, 2.75) is 63.8 Å². The van der Waals surface area contributed by atoms with E-state index in [0.29, 0.717) is 36.0 Å². The molecule has 2 saturated heterocycles. The minimum Gasteiger partial charge on any atom is -0.493 e. The summed E-state index contributed by atoms with van der Waals surface area (Å²) in [6, 6.07) is 19.7. The summed E-state index contributed by atoms with van der Waals surface area (Å²) < 4.78 is 42.6. The Labute approximate surface area is 397 Å². The summed E-state index contributed by atoms with van der Waals surface area (Å²) in [5, 5.41) is 14.0. The number of benzene rings is 3. The van der Waals surface area contributed by atoms with Gasteiger partial charge in [0.2, 0.25) is 0 Å². The minimum absolute atomic E-state index is 0.0303. The van der Waals surface area contributed by atoms with Crippen molar-refractivity contribution in [3.63, 3.8) is 0 Å². The number of hydrogen-bond acceptors (Lipinski definition) is 12. The Kier molecular flexibility index (Phi) is 13.4. The standard InChI is InChI=1S/C50H59ClN8O7S/c1-33-30-56(18-17-55(33)4)16-13-34-23-43-45(59(61)62)26-41(27-46(43)65-32-34)67(63,64)54-49(60)42-10-9-39(25-47(42)66-40-24-36-12-15-52-48(36)53-29-40)58-21-19-57(20-22-58)31-37-11-14-50(2,3)28-44(37)35-5-7-38(51)8-6-35/h5-10,12,15,24-27,29,33-34H,11,13-14,16-23,28,30-32H2,1-4H3,(H,52,53)(H,54,60)/t33-,34+/m1/s1. The number of fused-ring (bicyclic) bond motifs is 2. The second-order valence-electron chi connectivity index (χ2n) is 19.5. The number of ether oxygens (including phenoxy) is 2. The van der Waals surface area contributed by atoms with Crippen molar-refractivity contribution in [3.05, 3.63) is 117 Å². The van der Waals surface area contributed by atoms with Gasteiger partial charge < -0.3 is 29.2 Å². The van der Waals surface area contributed by atoms with Gasteiger partial charge in [-0.3, -0.25) is 19.8 Å². The van der Waals surface area contributed by atoms with Crippen molar-refractivity contribution < 1.29 is 27.6 Å². The van der Waals surface area contributed by atoms with Crippen LogP contribution in [-0.4, -0.2) is 123 Å². The highest BCUT2D eigenvalue weighted by Gasteiger charge is 2.34. The van der Waals surface area contributed by atoms with Gasteiger partial charge >= 0.3 is 0 Å². The number of nitro benzene ring substituents is 1. The van der Waals surface area contributed by atoms with Crippen LogP contribution in [0, 0.1) is 21.4 Å².